The average molecular weight is 182 g/mol. The standard InChI is InChI=1S/C11H20NO/c1-5-12-6-2-10(1)9-11-3-7-13-8-4-11/h11-12H,1-9H2. The van der Waals surface area contributed by atoms with Crippen LogP contribution in [0, 0.1) is 11.8 Å². The van der Waals surface area contributed by atoms with E-state index in [4.69, 9.17) is 4.74 Å². The maximum absolute atomic E-state index is 5.37. The summed E-state index contributed by atoms with van der Waals surface area (Å²) < 4.78 is 5.37. The van der Waals surface area contributed by atoms with Crippen molar-refractivity contribution in [3.63, 3.8) is 0 Å². The summed E-state index contributed by atoms with van der Waals surface area (Å²) in [7, 11) is 0. The quantitative estimate of drug-likeness (QED) is 0.702. The zero-order chi connectivity index (χ0) is 8.93. The molecule has 13 heavy (non-hydrogen) atoms. The molecule has 75 valence electrons. The molecule has 0 unspecified atom stereocenters. The number of nitrogens with one attached hydrogen (secondary N) is 1. The topological polar surface area (TPSA) is 21.3 Å². The SMILES string of the molecule is C1C[C](CC2CCOCC2)CCN1. The van der Waals surface area contributed by atoms with Crippen molar-refractivity contribution < 1.29 is 4.74 Å². The van der Waals surface area contributed by atoms with E-state index < -0.39 is 0 Å². The maximum Gasteiger partial charge on any atom is 0.0468 e. The molecule has 0 aliphatic carbocycles. The highest BCUT2D eigenvalue weighted by molar-refractivity contribution is 4.95. The van der Waals surface area contributed by atoms with Crippen LogP contribution in [0.15, 0.2) is 0 Å². The molecule has 0 amide bonds. The zero-order valence-electron chi connectivity index (χ0n) is 8.35. The molecule has 0 aromatic heterocycles. The minimum atomic E-state index is 0.932. The van der Waals surface area contributed by atoms with Gasteiger partial charge in [-0.25, -0.2) is 0 Å². The number of hydrogen-bond acceptors (Lipinski definition) is 2. The average Bonchev–Trinajstić information content (AvgIpc) is 2.21. The Hall–Kier alpha value is -0.0800. The summed E-state index contributed by atoms with van der Waals surface area (Å²) in [6.45, 7) is 4.41. The van der Waals surface area contributed by atoms with E-state index in [-0.39, 0.29) is 0 Å². The molecule has 2 fully saturated rings. The van der Waals surface area contributed by atoms with Crippen molar-refractivity contribution in [3.8, 4) is 0 Å². The van der Waals surface area contributed by atoms with E-state index in [2.05, 4.69) is 5.32 Å². The van der Waals surface area contributed by atoms with Crippen LogP contribution in [-0.2, 0) is 4.74 Å². The minimum absolute atomic E-state index is 0.932. The Bertz CT molecular complexity index is 121. The smallest absolute Gasteiger partial charge is 0.0468 e. The molecule has 2 aliphatic rings. The van der Waals surface area contributed by atoms with Crippen molar-refractivity contribution in [1.29, 1.82) is 0 Å². The molecule has 0 atom stereocenters. The van der Waals surface area contributed by atoms with Crippen molar-refractivity contribution in [2.75, 3.05) is 26.3 Å². The number of hydrogen-bond donors (Lipinski definition) is 1. The minimum Gasteiger partial charge on any atom is -0.381 e. The molecular weight excluding hydrogens is 162 g/mol. The summed E-state index contributed by atoms with van der Waals surface area (Å²) >= 11 is 0. The Morgan fingerprint density at radius 3 is 2.54 bits per heavy atom. The normalized spacial score (nSPS) is 27.7. The second-order valence-electron chi connectivity index (χ2n) is 4.26. The van der Waals surface area contributed by atoms with E-state index >= 15 is 0 Å². The van der Waals surface area contributed by atoms with Crippen molar-refractivity contribution >= 4 is 0 Å². The largest absolute Gasteiger partial charge is 0.381 e. The molecule has 2 rings (SSSR count). The Morgan fingerprint density at radius 1 is 1.15 bits per heavy atom. The molecule has 0 spiro atoms. The van der Waals surface area contributed by atoms with Gasteiger partial charge in [0.15, 0.2) is 0 Å². The lowest BCUT2D eigenvalue weighted by Crippen LogP contribution is -2.28. The van der Waals surface area contributed by atoms with Gasteiger partial charge in [-0.1, -0.05) is 0 Å². The third-order valence-electron chi connectivity index (χ3n) is 3.23. The van der Waals surface area contributed by atoms with Gasteiger partial charge in [0, 0.05) is 13.2 Å². The molecule has 2 heteroatoms. The van der Waals surface area contributed by atoms with Crippen molar-refractivity contribution in [2.45, 2.75) is 32.1 Å². The first-order chi connectivity index (χ1) is 6.45. The van der Waals surface area contributed by atoms with Gasteiger partial charge in [0.25, 0.3) is 0 Å². The Kier molecular flexibility index (Phi) is 3.62. The summed E-state index contributed by atoms with van der Waals surface area (Å²) in [6, 6.07) is 0. The van der Waals surface area contributed by atoms with Crippen LogP contribution in [0.25, 0.3) is 0 Å². The van der Waals surface area contributed by atoms with Gasteiger partial charge in [-0.15, -0.1) is 0 Å². The van der Waals surface area contributed by atoms with E-state index in [0.29, 0.717) is 0 Å². The maximum atomic E-state index is 5.37. The van der Waals surface area contributed by atoms with Crippen LogP contribution in [-0.4, -0.2) is 26.3 Å². The van der Waals surface area contributed by atoms with Crippen molar-refractivity contribution in [3.05, 3.63) is 5.92 Å². The summed E-state index contributed by atoms with van der Waals surface area (Å²) in [5, 5.41) is 3.41. The highest BCUT2D eigenvalue weighted by atomic mass is 16.5. The fraction of sp³-hybridized carbons (Fsp3) is 0.909. The van der Waals surface area contributed by atoms with Crippen LogP contribution in [0.5, 0.6) is 0 Å². The third kappa shape index (κ3) is 2.96. The molecular formula is C11H20NO. The van der Waals surface area contributed by atoms with Gasteiger partial charge in [-0.05, 0) is 57.0 Å². The molecule has 2 saturated heterocycles. The van der Waals surface area contributed by atoms with Gasteiger partial charge in [0.2, 0.25) is 0 Å². The Morgan fingerprint density at radius 2 is 1.85 bits per heavy atom. The molecule has 1 radical (unpaired) electrons. The van der Waals surface area contributed by atoms with Crippen LogP contribution < -0.4 is 5.32 Å². The monoisotopic (exact) mass is 182 g/mol. The van der Waals surface area contributed by atoms with Gasteiger partial charge < -0.3 is 10.1 Å². The second-order valence-corrected chi connectivity index (χ2v) is 4.26. The highest BCUT2D eigenvalue weighted by Gasteiger charge is 2.20. The summed E-state index contributed by atoms with van der Waals surface area (Å²) in [4.78, 5) is 0. The molecule has 0 aromatic rings. The van der Waals surface area contributed by atoms with Gasteiger partial charge in [-0.2, -0.15) is 0 Å². The highest BCUT2D eigenvalue weighted by Crippen LogP contribution is 2.28. The molecule has 0 saturated carbocycles. The summed E-state index contributed by atoms with van der Waals surface area (Å²) in [5.74, 6) is 2.73. The molecule has 2 nitrogen and oxygen atoms in total. The fourth-order valence-corrected chi connectivity index (χ4v) is 2.34. The third-order valence-corrected chi connectivity index (χ3v) is 3.23. The fourth-order valence-electron chi connectivity index (χ4n) is 2.34. The number of rotatable bonds is 2. The van der Waals surface area contributed by atoms with Gasteiger partial charge in [0.05, 0.1) is 0 Å². The predicted molar refractivity (Wildman–Crippen MR) is 53.5 cm³/mol. The first-order valence-electron chi connectivity index (χ1n) is 5.57. The molecule has 1 N–H and O–H groups in total. The van der Waals surface area contributed by atoms with E-state index in [1.54, 1.807) is 5.92 Å². The number of piperidine rings is 1. The predicted octanol–water partition coefficient (Wildman–Crippen LogP) is 1.76. The van der Waals surface area contributed by atoms with E-state index in [9.17, 15) is 0 Å². The summed E-state index contributed by atoms with van der Waals surface area (Å²) in [5.41, 5.74) is 0. The first kappa shape index (κ1) is 9.47. The molecule has 0 bridgehead atoms. The zero-order valence-corrected chi connectivity index (χ0v) is 8.35. The first-order valence-corrected chi connectivity index (χ1v) is 5.57. The van der Waals surface area contributed by atoms with Crippen molar-refractivity contribution in [2.24, 2.45) is 5.92 Å². The lowest BCUT2D eigenvalue weighted by Gasteiger charge is -2.28. The van der Waals surface area contributed by atoms with Crippen LogP contribution in [0.1, 0.15) is 32.1 Å². The van der Waals surface area contributed by atoms with Gasteiger partial charge in [-0.3, -0.25) is 0 Å². The second kappa shape index (κ2) is 4.97. The Labute approximate surface area is 81.0 Å². The van der Waals surface area contributed by atoms with Crippen LogP contribution in [0.2, 0.25) is 0 Å². The number of ether oxygens (including phenoxy) is 1. The lowest BCUT2D eigenvalue weighted by atomic mass is 9.84. The van der Waals surface area contributed by atoms with Gasteiger partial charge in [0.1, 0.15) is 0 Å². The molecule has 2 aliphatic heterocycles. The molecule has 0 aromatic carbocycles. The summed E-state index contributed by atoms with van der Waals surface area (Å²) in [6.07, 6.45) is 6.59. The van der Waals surface area contributed by atoms with Crippen LogP contribution in [0.4, 0.5) is 0 Å². The van der Waals surface area contributed by atoms with E-state index in [1.807, 2.05) is 0 Å². The van der Waals surface area contributed by atoms with Crippen molar-refractivity contribution in [1.82, 2.24) is 5.32 Å². The van der Waals surface area contributed by atoms with E-state index in [1.165, 1.54) is 45.2 Å². The lowest BCUT2D eigenvalue weighted by molar-refractivity contribution is 0.0641. The Balaban J connectivity index is 1.69. The van der Waals surface area contributed by atoms with Gasteiger partial charge >= 0.3 is 0 Å². The molecule has 2 heterocycles. The van der Waals surface area contributed by atoms with Crippen LogP contribution in [0.3, 0.4) is 0 Å². The van der Waals surface area contributed by atoms with E-state index in [0.717, 1.165) is 19.1 Å². The van der Waals surface area contributed by atoms with Crippen LogP contribution >= 0.6 is 0 Å².